The monoisotopic (exact) mass is 433 g/mol. The molecule has 1 amide bonds. The first kappa shape index (κ1) is 22.1. The summed E-state index contributed by atoms with van der Waals surface area (Å²) in [6.07, 6.45) is 2.36. The number of benzene rings is 2. The van der Waals surface area contributed by atoms with Gasteiger partial charge in [0, 0.05) is 35.6 Å². The van der Waals surface area contributed by atoms with E-state index in [0.717, 1.165) is 40.3 Å². The smallest absolute Gasteiger partial charge is 0.225 e. The number of allylic oxidation sites excluding steroid dienone is 2. The molecule has 4 rings (SSSR count). The van der Waals surface area contributed by atoms with Gasteiger partial charge in [-0.2, -0.15) is 0 Å². The van der Waals surface area contributed by atoms with Gasteiger partial charge in [0.15, 0.2) is 5.78 Å². The maximum Gasteiger partial charge on any atom is 0.225 e. The summed E-state index contributed by atoms with van der Waals surface area (Å²) < 4.78 is 11.7. The molecule has 1 aliphatic carbocycles. The quantitative estimate of drug-likeness (QED) is 0.646. The summed E-state index contributed by atoms with van der Waals surface area (Å²) in [5.74, 6) is 1.42. The Morgan fingerprint density at radius 1 is 1.00 bits per heavy atom. The van der Waals surface area contributed by atoms with Crippen LogP contribution in [-0.4, -0.2) is 24.4 Å². The Bertz CT molecular complexity index is 1020. The molecule has 0 bridgehead atoms. The van der Waals surface area contributed by atoms with Crippen LogP contribution in [0.15, 0.2) is 59.8 Å². The minimum absolute atomic E-state index is 0.0417. The van der Waals surface area contributed by atoms with Crippen molar-refractivity contribution >= 4 is 11.7 Å². The van der Waals surface area contributed by atoms with Gasteiger partial charge >= 0.3 is 0 Å². The molecule has 0 fully saturated rings. The zero-order chi connectivity index (χ0) is 22.7. The molecule has 1 heterocycles. The topological polar surface area (TPSA) is 64.6 Å². The standard InChI is InChI=1S/C27H31NO4/c1-4-13-31-25-8-6-5-7-21(25)22-16-26(30)28-23-14-19(15-24(29)27(22)23)18-9-11-20(12-10-18)32-17(2)3/h5-12,17,19,22H,4,13-16H2,1-3H3,(H,28,30). The van der Waals surface area contributed by atoms with Crippen molar-refractivity contribution < 1.29 is 19.1 Å². The van der Waals surface area contributed by atoms with Gasteiger partial charge in [0.1, 0.15) is 11.5 Å². The van der Waals surface area contributed by atoms with Gasteiger partial charge in [-0.25, -0.2) is 0 Å². The van der Waals surface area contributed by atoms with Crippen LogP contribution in [0.1, 0.15) is 69.4 Å². The number of para-hydroxylation sites is 1. The predicted molar refractivity (Wildman–Crippen MR) is 124 cm³/mol. The molecule has 0 radical (unpaired) electrons. The van der Waals surface area contributed by atoms with Crippen molar-refractivity contribution in [3.8, 4) is 11.5 Å². The van der Waals surface area contributed by atoms with E-state index in [1.807, 2.05) is 62.4 Å². The number of amides is 1. The van der Waals surface area contributed by atoms with Gasteiger partial charge in [0.05, 0.1) is 12.7 Å². The second kappa shape index (κ2) is 9.60. The Kier molecular flexibility index (Phi) is 6.63. The van der Waals surface area contributed by atoms with Crippen LogP contribution in [0.3, 0.4) is 0 Å². The summed E-state index contributed by atoms with van der Waals surface area (Å²) in [4.78, 5) is 26.0. The number of hydrogen-bond acceptors (Lipinski definition) is 4. The summed E-state index contributed by atoms with van der Waals surface area (Å²) in [6.45, 7) is 6.66. The molecule has 2 aromatic rings. The molecule has 5 nitrogen and oxygen atoms in total. The lowest BCUT2D eigenvalue weighted by atomic mass is 9.73. The Morgan fingerprint density at radius 3 is 2.47 bits per heavy atom. The van der Waals surface area contributed by atoms with E-state index in [2.05, 4.69) is 12.2 Å². The van der Waals surface area contributed by atoms with Crippen LogP contribution in [-0.2, 0) is 9.59 Å². The van der Waals surface area contributed by atoms with E-state index >= 15 is 0 Å². The second-order valence-electron chi connectivity index (χ2n) is 8.85. The van der Waals surface area contributed by atoms with Crippen molar-refractivity contribution in [1.82, 2.24) is 5.32 Å². The molecule has 0 aromatic heterocycles. The van der Waals surface area contributed by atoms with Crippen molar-refractivity contribution in [2.24, 2.45) is 0 Å². The molecule has 0 spiro atoms. The highest BCUT2D eigenvalue weighted by molar-refractivity contribution is 6.02. The van der Waals surface area contributed by atoms with E-state index in [1.54, 1.807) is 0 Å². The molecule has 1 aliphatic heterocycles. The minimum Gasteiger partial charge on any atom is -0.493 e. The normalized spacial score (nSPS) is 20.8. The zero-order valence-electron chi connectivity index (χ0n) is 19.0. The van der Waals surface area contributed by atoms with Gasteiger partial charge in [0.25, 0.3) is 0 Å². The first-order chi connectivity index (χ1) is 15.5. The molecule has 1 N–H and O–H groups in total. The average Bonchev–Trinajstić information content (AvgIpc) is 2.77. The summed E-state index contributed by atoms with van der Waals surface area (Å²) in [7, 11) is 0. The van der Waals surface area contributed by atoms with Crippen molar-refractivity contribution in [2.45, 2.75) is 64.4 Å². The number of carbonyl (C=O) groups is 2. The highest BCUT2D eigenvalue weighted by Gasteiger charge is 2.39. The summed E-state index contributed by atoms with van der Waals surface area (Å²) in [6, 6.07) is 15.7. The van der Waals surface area contributed by atoms with Gasteiger partial charge in [-0.1, -0.05) is 37.3 Å². The highest BCUT2D eigenvalue weighted by Crippen LogP contribution is 2.44. The first-order valence-corrected chi connectivity index (χ1v) is 11.5. The Labute approximate surface area is 189 Å². The van der Waals surface area contributed by atoms with Crippen molar-refractivity contribution in [3.05, 3.63) is 70.9 Å². The number of rotatable bonds is 7. The van der Waals surface area contributed by atoms with E-state index in [4.69, 9.17) is 9.47 Å². The maximum absolute atomic E-state index is 13.4. The zero-order valence-corrected chi connectivity index (χ0v) is 19.0. The van der Waals surface area contributed by atoms with E-state index < -0.39 is 0 Å². The third kappa shape index (κ3) is 4.72. The highest BCUT2D eigenvalue weighted by atomic mass is 16.5. The summed E-state index contributed by atoms with van der Waals surface area (Å²) in [5, 5.41) is 3.00. The van der Waals surface area contributed by atoms with E-state index in [1.165, 1.54) is 0 Å². The van der Waals surface area contributed by atoms with Crippen LogP contribution >= 0.6 is 0 Å². The molecule has 2 atom stereocenters. The Balaban J connectivity index is 1.63. The van der Waals surface area contributed by atoms with Gasteiger partial charge in [-0.15, -0.1) is 0 Å². The lowest BCUT2D eigenvalue weighted by Gasteiger charge is -2.35. The number of ketones is 1. The Hall–Kier alpha value is -3.08. The van der Waals surface area contributed by atoms with Gasteiger partial charge in [-0.05, 0) is 56.4 Å². The van der Waals surface area contributed by atoms with Gasteiger partial charge in [0.2, 0.25) is 5.91 Å². The largest absolute Gasteiger partial charge is 0.493 e. The van der Waals surface area contributed by atoms with Crippen LogP contribution < -0.4 is 14.8 Å². The van der Waals surface area contributed by atoms with E-state index in [-0.39, 0.29) is 36.1 Å². The van der Waals surface area contributed by atoms with Gasteiger partial charge < -0.3 is 14.8 Å². The fourth-order valence-electron chi connectivity index (χ4n) is 4.66. The first-order valence-electron chi connectivity index (χ1n) is 11.5. The van der Waals surface area contributed by atoms with Crippen molar-refractivity contribution in [1.29, 1.82) is 0 Å². The molecular weight excluding hydrogens is 402 g/mol. The van der Waals surface area contributed by atoms with Crippen LogP contribution in [0, 0.1) is 0 Å². The van der Waals surface area contributed by atoms with Crippen LogP contribution in [0.5, 0.6) is 11.5 Å². The molecule has 168 valence electrons. The molecule has 2 aromatic carbocycles. The average molecular weight is 434 g/mol. The predicted octanol–water partition coefficient (Wildman–Crippen LogP) is 5.27. The molecule has 5 heteroatoms. The number of carbonyl (C=O) groups excluding carboxylic acids is 2. The lowest BCUT2D eigenvalue weighted by Crippen LogP contribution is -2.38. The van der Waals surface area contributed by atoms with Crippen molar-refractivity contribution in [3.63, 3.8) is 0 Å². The van der Waals surface area contributed by atoms with Gasteiger partial charge in [-0.3, -0.25) is 9.59 Å². The van der Waals surface area contributed by atoms with Crippen LogP contribution in [0.2, 0.25) is 0 Å². The van der Waals surface area contributed by atoms with Crippen molar-refractivity contribution in [2.75, 3.05) is 6.61 Å². The second-order valence-corrected chi connectivity index (χ2v) is 8.85. The number of hydrogen-bond donors (Lipinski definition) is 1. The maximum atomic E-state index is 13.4. The third-order valence-corrected chi connectivity index (χ3v) is 6.02. The lowest BCUT2D eigenvalue weighted by molar-refractivity contribution is -0.122. The molecule has 0 saturated carbocycles. The number of Topliss-reactive ketones (excluding diaryl/α,β-unsaturated/α-hetero) is 1. The fraction of sp³-hybridized carbons (Fsp3) is 0.407. The fourth-order valence-corrected chi connectivity index (χ4v) is 4.66. The van der Waals surface area contributed by atoms with Crippen LogP contribution in [0.25, 0.3) is 0 Å². The summed E-state index contributed by atoms with van der Waals surface area (Å²) in [5.41, 5.74) is 3.52. The molecule has 2 aliphatic rings. The molecule has 32 heavy (non-hydrogen) atoms. The number of ether oxygens (including phenoxy) is 2. The van der Waals surface area contributed by atoms with E-state index in [9.17, 15) is 9.59 Å². The molecule has 0 saturated heterocycles. The van der Waals surface area contributed by atoms with Crippen LogP contribution in [0.4, 0.5) is 0 Å². The number of nitrogens with one attached hydrogen (secondary N) is 1. The SMILES string of the molecule is CCCOc1ccccc1C1CC(=O)NC2=C1C(=O)CC(c1ccc(OC(C)C)cc1)C2. The molecule has 2 unspecified atom stereocenters. The minimum atomic E-state index is -0.262. The third-order valence-electron chi connectivity index (χ3n) is 6.02. The van der Waals surface area contributed by atoms with E-state index in [0.29, 0.717) is 19.4 Å². The Morgan fingerprint density at radius 2 is 1.75 bits per heavy atom. The molecular formula is C27H31NO4. The summed E-state index contributed by atoms with van der Waals surface area (Å²) >= 11 is 0.